The minimum absolute atomic E-state index is 0.255. The van der Waals surface area contributed by atoms with Crippen LogP contribution >= 0.6 is 11.6 Å². The van der Waals surface area contributed by atoms with Crippen LogP contribution in [-0.2, 0) is 5.54 Å². The van der Waals surface area contributed by atoms with E-state index >= 15 is 0 Å². The van der Waals surface area contributed by atoms with Gasteiger partial charge in [0.1, 0.15) is 22.7 Å². The molecular formula is C14H12ClN7. The summed E-state index contributed by atoms with van der Waals surface area (Å²) in [5.74, 6) is 0. The maximum atomic E-state index is 9.04. The highest BCUT2D eigenvalue weighted by atomic mass is 35.5. The molecular weight excluding hydrogens is 302 g/mol. The number of rotatable bonds is 3. The van der Waals surface area contributed by atoms with E-state index in [9.17, 15) is 0 Å². The highest BCUT2D eigenvalue weighted by Crippen LogP contribution is 2.30. The molecule has 0 radical (unpaired) electrons. The molecule has 3 aromatic rings. The minimum Gasteiger partial charge on any atom is -0.330 e. The predicted molar refractivity (Wildman–Crippen MR) is 81.2 cm³/mol. The maximum Gasteiger partial charge on any atom is 0.142 e. The summed E-state index contributed by atoms with van der Waals surface area (Å²) in [6, 6.07) is 4.05. The second kappa shape index (κ2) is 4.80. The Morgan fingerprint density at radius 1 is 1.41 bits per heavy atom. The molecule has 3 aromatic heterocycles. The van der Waals surface area contributed by atoms with Gasteiger partial charge in [-0.2, -0.15) is 10.4 Å². The summed E-state index contributed by atoms with van der Waals surface area (Å²) in [5.41, 5.74) is 2.10. The predicted octanol–water partition coefficient (Wildman–Crippen LogP) is 1.69. The van der Waals surface area contributed by atoms with Crippen molar-refractivity contribution in [2.24, 2.45) is 0 Å². The van der Waals surface area contributed by atoms with Crippen molar-refractivity contribution in [3.63, 3.8) is 0 Å². The van der Waals surface area contributed by atoms with Crippen LogP contribution < -0.4 is 5.32 Å². The van der Waals surface area contributed by atoms with Gasteiger partial charge in [0, 0.05) is 30.2 Å². The van der Waals surface area contributed by atoms with Crippen LogP contribution in [0.4, 0.5) is 0 Å². The van der Waals surface area contributed by atoms with Gasteiger partial charge < -0.3 is 10.3 Å². The molecule has 8 heteroatoms. The molecule has 1 aliphatic rings. The van der Waals surface area contributed by atoms with Crippen LogP contribution in [0.5, 0.6) is 0 Å². The lowest BCUT2D eigenvalue weighted by molar-refractivity contribution is 0.160. The molecule has 0 bridgehead atoms. The van der Waals surface area contributed by atoms with Crippen molar-refractivity contribution in [2.45, 2.75) is 12.0 Å². The van der Waals surface area contributed by atoms with Crippen molar-refractivity contribution in [1.29, 1.82) is 5.26 Å². The number of halogens is 1. The molecule has 1 fully saturated rings. The highest BCUT2D eigenvalue weighted by molar-refractivity contribution is 6.30. The Labute approximate surface area is 130 Å². The van der Waals surface area contributed by atoms with Gasteiger partial charge in [-0.1, -0.05) is 11.6 Å². The molecule has 0 atom stereocenters. The van der Waals surface area contributed by atoms with Crippen molar-refractivity contribution in [1.82, 2.24) is 30.0 Å². The molecule has 110 valence electrons. The van der Waals surface area contributed by atoms with Gasteiger partial charge >= 0.3 is 0 Å². The lowest BCUT2D eigenvalue weighted by Gasteiger charge is -2.41. The number of H-pyrrole nitrogens is 1. The highest BCUT2D eigenvalue weighted by Gasteiger charge is 2.39. The number of nitriles is 1. The third kappa shape index (κ3) is 1.89. The average Bonchev–Trinajstić information content (AvgIpc) is 3.07. The molecule has 1 aliphatic heterocycles. The van der Waals surface area contributed by atoms with Gasteiger partial charge in [0.25, 0.3) is 0 Å². The van der Waals surface area contributed by atoms with Crippen molar-refractivity contribution in [3.8, 4) is 17.3 Å². The molecule has 22 heavy (non-hydrogen) atoms. The maximum absolute atomic E-state index is 9.04. The zero-order valence-corrected chi connectivity index (χ0v) is 12.3. The van der Waals surface area contributed by atoms with E-state index in [0.29, 0.717) is 17.2 Å². The van der Waals surface area contributed by atoms with E-state index < -0.39 is 0 Å². The second-order valence-electron chi connectivity index (χ2n) is 5.44. The number of nitrogens with one attached hydrogen (secondary N) is 2. The van der Waals surface area contributed by atoms with Gasteiger partial charge in [-0.3, -0.25) is 4.68 Å². The topological polar surface area (TPSA) is 95.2 Å². The SMILES string of the molecule is N#CCC1(n2cc(-c3ncnc4[nH]c(Cl)cc34)cn2)CNC1. The molecule has 7 nitrogen and oxygen atoms in total. The van der Waals surface area contributed by atoms with Crippen LogP contribution in [0.25, 0.3) is 22.3 Å². The summed E-state index contributed by atoms with van der Waals surface area (Å²) >= 11 is 6.00. The number of fused-ring (bicyclic) bond motifs is 1. The molecule has 0 aromatic carbocycles. The van der Waals surface area contributed by atoms with Crippen LogP contribution in [0.1, 0.15) is 6.42 Å². The first kappa shape index (κ1) is 13.2. The number of hydrogen-bond donors (Lipinski definition) is 2. The normalized spacial score (nSPS) is 16.4. The van der Waals surface area contributed by atoms with Crippen LogP contribution in [0.3, 0.4) is 0 Å². The van der Waals surface area contributed by atoms with E-state index in [1.54, 1.807) is 12.3 Å². The summed E-state index contributed by atoms with van der Waals surface area (Å²) in [7, 11) is 0. The summed E-state index contributed by atoms with van der Waals surface area (Å²) in [5, 5.41) is 18.1. The van der Waals surface area contributed by atoms with Gasteiger partial charge in [0.05, 0.1) is 24.4 Å². The Hall–Kier alpha value is -2.43. The second-order valence-corrected chi connectivity index (χ2v) is 5.85. The summed E-state index contributed by atoms with van der Waals surface area (Å²) in [6.45, 7) is 1.49. The lowest BCUT2D eigenvalue weighted by Crippen LogP contribution is -2.60. The van der Waals surface area contributed by atoms with Crippen LogP contribution in [0, 0.1) is 11.3 Å². The van der Waals surface area contributed by atoms with Crippen LogP contribution in [-0.4, -0.2) is 37.8 Å². The Morgan fingerprint density at radius 2 is 2.27 bits per heavy atom. The van der Waals surface area contributed by atoms with E-state index in [0.717, 1.165) is 29.7 Å². The molecule has 4 heterocycles. The van der Waals surface area contributed by atoms with E-state index in [4.69, 9.17) is 16.9 Å². The van der Waals surface area contributed by atoms with Crippen LogP contribution in [0.2, 0.25) is 5.15 Å². The molecule has 0 saturated carbocycles. The monoisotopic (exact) mass is 313 g/mol. The van der Waals surface area contributed by atoms with Crippen LogP contribution in [0.15, 0.2) is 24.8 Å². The van der Waals surface area contributed by atoms with Gasteiger partial charge in [0.2, 0.25) is 0 Å². The molecule has 1 saturated heterocycles. The Morgan fingerprint density at radius 3 is 3.00 bits per heavy atom. The largest absolute Gasteiger partial charge is 0.330 e. The Bertz CT molecular complexity index is 884. The molecule has 0 aliphatic carbocycles. The van der Waals surface area contributed by atoms with Gasteiger partial charge in [-0.25, -0.2) is 9.97 Å². The standard InChI is InChI=1S/C14H12ClN7/c15-11-3-10-12(18-8-19-13(10)21-11)9-4-20-22(5-9)14(1-2-16)6-17-7-14/h3-5,8,17H,1,6-7H2,(H,18,19,21). The molecule has 4 rings (SSSR count). The zero-order chi connectivity index (χ0) is 15.2. The van der Waals surface area contributed by atoms with E-state index in [2.05, 4.69) is 31.4 Å². The quantitative estimate of drug-likeness (QED) is 0.767. The third-order valence-corrected chi connectivity index (χ3v) is 4.25. The van der Waals surface area contributed by atoms with E-state index in [1.165, 1.54) is 6.33 Å². The van der Waals surface area contributed by atoms with Gasteiger partial charge in [-0.05, 0) is 6.07 Å². The smallest absolute Gasteiger partial charge is 0.142 e. The fourth-order valence-electron chi connectivity index (χ4n) is 2.77. The Kier molecular flexibility index (Phi) is 2.89. The third-order valence-electron chi connectivity index (χ3n) is 4.05. The fraction of sp³-hybridized carbons (Fsp3) is 0.286. The number of aromatic amines is 1. The van der Waals surface area contributed by atoms with E-state index in [-0.39, 0.29) is 5.54 Å². The molecule has 0 spiro atoms. The first-order valence-corrected chi connectivity index (χ1v) is 7.22. The average molecular weight is 314 g/mol. The summed E-state index contributed by atoms with van der Waals surface area (Å²) < 4.78 is 1.87. The van der Waals surface area contributed by atoms with Gasteiger partial charge in [0.15, 0.2) is 0 Å². The van der Waals surface area contributed by atoms with E-state index in [1.807, 2.05) is 10.9 Å². The minimum atomic E-state index is -0.255. The van der Waals surface area contributed by atoms with Crippen molar-refractivity contribution in [2.75, 3.05) is 13.1 Å². The first-order valence-electron chi connectivity index (χ1n) is 6.84. The van der Waals surface area contributed by atoms with Crippen molar-refractivity contribution >= 4 is 22.6 Å². The lowest BCUT2D eigenvalue weighted by atomic mass is 9.89. The number of aromatic nitrogens is 5. The van der Waals surface area contributed by atoms with Crippen molar-refractivity contribution in [3.05, 3.63) is 29.9 Å². The fourth-order valence-corrected chi connectivity index (χ4v) is 2.97. The zero-order valence-electron chi connectivity index (χ0n) is 11.5. The van der Waals surface area contributed by atoms with Crippen molar-refractivity contribution < 1.29 is 0 Å². The molecule has 2 N–H and O–H groups in total. The molecule has 0 unspecified atom stereocenters. The summed E-state index contributed by atoms with van der Waals surface area (Å²) in [6.07, 6.45) is 5.62. The Balaban J connectivity index is 1.79. The molecule has 0 amide bonds. The number of hydrogen-bond acceptors (Lipinski definition) is 5. The number of nitrogens with zero attached hydrogens (tertiary/aromatic N) is 5. The first-order chi connectivity index (χ1) is 10.7. The van der Waals surface area contributed by atoms with Gasteiger partial charge in [-0.15, -0.1) is 0 Å². The summed E-state index contributed by atoms with van der Waals surface area (Å²) in [4.78, 5) is 11.5.